The number of carboxylic acids is 1. The predicted octanol–water partition coefficient (Wildman–Crippen LogP) is 4.24. The van der Waals surface area contributed by atoms with Crippen LogP contribution in [0.5, 0.6) is 0 Å². The Morgan fingerprint density at radius 3 is 2.38 bits per heavy atom. The first-order valence-corrected chi connectivity index (χ1v) is 10.3. The van der Waals surface area contributed by atoms with Gasteiger partial charge in [0.15, 0.2) is 5.65 Å². The van der Waals surface area contributed by atoms with Crippen molar-refractivity contribution in [2.24, 2.45) is 0 Å². The van der Waals surface area contributed by atoms with Crippen molar-refractivity contribution in [1.82, 2.24) is 19.9 Å². The third-order valence-electron chi connectivity index (χ3n) is 5.56. The molecule has 0 unspecified atom stereocenters. The van der Waals surface area contributed by atoms with Gasteiger partial charge in [0.25, 0.3) is 0 Å². The molecule has 0 spiro atoms. The van der Waals surface area contributed by atoms with Crippen LogP contribution in [-0.4, -0.2) is 57.2 Å². The van der Waals surface area contributed by atoms with Crippen LogP contribution in [0.1, 0.15) is 15.9 Å². The van der Waals surface area contributed by atoms with Crippen molar-refractivity contribution < 1.29 is 14.6 Å². The minimum atomic E-state index is -0.939. The normalized spacial score (nSPS) is 14.2. The van der Waals surface area contributed by atoms with E-state index in [1.54, 1.807) is 30.5 Å². The van der Waals surface area contributed by atoms with Crippen molar-refractivity contribution in [1.29, 1.82) is 0 Å². The number of hydrogen-bond acceptors (Lipinski definition) is 5. The summed E-state index contributed by atoms with van der Waals surface area (Å²) in [5.41, 5.74) is 5.79. The molecule has 32 heavy (non-hydrogen) atoms. The van der Waals surface area contributed by atoms with Crippen molar-refractivity contribution in [3.05, 3.63) is 71.9 Å². The van der Waals surface area contributed by atoms with E-state index in [0.717, 1.165) is 60.9 Å². The number of halogens is 1. The molecular formula is C24H23ClN4O3. The molecule has 1 saturated heterocycles. The van der Waals surface area contributed by atoms with Crippen molar-refractivity contribution in [3.63, 3.8) is 0 Å². The molecule has 0 radical (unpaired) electrons. The van der Waals surface area contributed by atoms with Gasteiger partial charge in [-0.2, -0.15) is 0 Å². The zero-order valence-corrected chi connectivity index (χ0v) is 18.1. The molecule has 1 fully saturated rings. The van der Waals surface area contributed by atoms with E-state index in [1.807, 2.05) is 6.07 Å². The number of hydrogen-bond donors (Lipinski definition) is 2. The van der Waals surface area contributed by atoms with E-state index in [-0.39, 0.29) is 18.0 Å². The maximum Gasteiger partial charge on any atom is 0.335 e. The Balaban J connectivity index is 0.00000245. The van der Waals surface area contributed by atoms with Crippen LogP contribution in [0.25, 0.3) is 33.7 Å². The number of benzene rings is 2. The number of carbonyl (C=O) groups is 1. The van der Waals surface area contributed by atoms with Gasteiger partial charge >= 0.3 is 5.97 Å². The summed E-state index contributed by atoms with van der Waals surface area (Å²) < 4.78 is 5.41. The average Bonchev–Trinajstić information content (AvgIpc) is 3.25. The lowest BCUT2D eigenvalue weighted by Crippen LogP contribution is -2.35. The Labute approximate surface area is 191 Å². The maximum absolute atomic E-state index is 11.1. The Hall–Kier alpha value is -3.26. The molecule has 0 aliphatic carbocycles. The highest BCUT2D eigenvalue weighted by molar-refractivity contribution is 5.93. The van der Waals surface area contributed by atoms with Crippen molar-refractivity contribution in [3.8, 4) is 22.5 Å². The fraction of sp³-hybridized carbons (Fsp3) is 0.208. The fourth-order valence-electron chi connectivity index (χ4n) is 3.86. The Kier molecular flexibility index (Phi) is 6.50. The van der Waals surface area contributed by atoms with E-state index in [0.29, 0.717) is 5.65 Å². The van der Waals surface area contributed by atoms with Crippen LogP contribution >= 0.6 is 12.4 Å². The van der Waals surface area contributed by atoms with Crippen LogP contribution in [0.15, 0.2) is 60.8 Å². The molecule has 2 N–H and O–H groups in total. The van der Waals surface area contributed by atoms with Gasteiger partial charge in [-0.05, 0) is 29.3 Å². The SMILES string of the molecule is Cl.O=C(O)c1ccc(-c2ccnc3[nH]c(-c4ccc(CN5CCOCC5)cc4)nc23)cc1. The molecule has 1 aliphatic heterocycles. The van der Waals surface area contributed by atoms with Gasteiger partial charge in [0.2, 0.25) is 0 Å². The summed E-state index contributed by atoms with van der Waals surface area (Å²) in [7, 11) is 0. The van der Waals surface area contributed by atoms with Gasteiger partial charge in [0.1, 0.15) is 11.3 Å². The maximum atomic E-state index is 11.1. The van der Waals surface area contributed by atoms with E-state index < -0.39 is 5.97 Å². The summed E-state index contributed by atoms with van der Waals surface area (Å²) in [6.07, 6.45) is 1.73. The lowest BCUT2D eigenvalue weighted by molar-refractivity contribution is 0.0342. The molecule has 4 aromatic rings. The third kappa shape index (κ3) is 4.50. The van der Waals surface area contributed by atoms with Gasteiger partial charge in [-0.1, -0.05) is 36.4 Å². The van der Waals surface area contributed by atoms with Crippen molar-refractivity contribution >= 4 is 29.5 Å². The molecule has 5 rings (SSSR count). The second-order valence-corrected chi connectivity index (χ2v) is 7.61. The zero-order valence-electron chi connectivity index (χ0n) is 17.3. The molecular weight excluding hydrogens is 428 g/mol. The topological polar surface area (TPSA) is 91.3 Å². The number of H-pyrrole nitrogens is 1. The molecule has 0 amide bonds. The molecule has 2 aromatic carbocycles. The number of rotatable bonds is 5. The van der Waals surface area contributed by atoms with E-state index >= 15 is 0 Å². The standard InChI is InChI=1S/C24H22N4O3.ClH/c29-24(30)19-7-5-17(6-8-19)20-9-10-25-23-21(20)26-22(27-23)18-3-1-16(2-4-18)15-28-11-13-31-14-12-28;/h1-10H,11-15H2,(H,29,30)(H,25,26,27);1H. The summed E-state index contributed by atoms with van der Waals surface area (Å²) >= 11 is 0. The van der Waals surface area contributed by atoms with Crippen molar-refractivity contribution in [2.45, 2.75) is 6.54 Å². The second kappa shape index (κ2) is 9.48. The predicted molar refractivity (Wildman–Crippen MR) is 125 cm³/mol. The number of morpholine rings is 1. The molecule has 7 nitrogen and oxygen atoms in total. The van der Waals surface area contributed by atoms with Gasteiger partial charge in [0, 0.05) is 37.0 Å². The number of nitrogens with zero attached hydrogens (tertiary/aromatic N) is 3. The van der Waals surface area contributed by atoms with Gasteiger partial charge < -0.3 is 14.8 Å². The smallest absolute Gasteiger partial charge is 0.335 e. The van der Waals surface area contributed by atoms with Gasteiger partial charge in [-0.25, -0.2) is 14.8 Å². The number of nitrogens with one attached hydrogen (secondary N) is 1. The monoisotopic (exact) mass is 450 g/mol. The van der Waals surface area contributed by atoms with Crippen LogP contribution < -0.4 is 0 Å². The number of pyridine rings is 1. The first kappa shape index (κ1) is 22.0. The van der Waals surface area contributed by atoms with E-state index in [2.05, 4.69) is 39.1 Å². The summed E-state index contributed by atoms with van der Waals surface area (Å²) in [6.45, 7) is 4.44. The van der Waals surface area contributed by atoms with Crippen molar-refractivity contribution in [2.75, 3.05) is 26.3 Å². The van der Waals surface area contributed by atoms with Crippen LogP contribution in [0.4, 0.5) is 0 Å². The summed E-state index contributed by atoms with van der Waals surface area (Å²) in [6, 6.07) is 17.1. The second-order valence-electron chi connectivity index (χ2n) is 7.61. The highest BCUT2D eigenvalue weighted by atomic mass is 35.5. The van der Waals surface area contributed by atoms with Gasteiger partial charge in [0.05, 0.1) is 18.8 Å². The number of aromatic amines is 1. The lowest BCUT2D eigenvalue weighted by atomic mass is 10.0. The van der Waals surface area contributed by atoms with E-state index in [4.69, 9.17) is 14.8 Å². The van der Waals surface area contributed by atoms with Crippen LogP contribution in [0.2, 0.25) is 0 Å². The Bertz CT molecular complexity index is 1220. The molecule has 0 saturated carbocycles. The van der Waals surface area contributed by atoms with E-state index in [9.17, 15) is 4.79 Å². The first-order chi connectivity index (χ1) is 15.2. The number of aromatic carboxylic acids is 1. The van der Waals surface area contributed by atoms with Crippen LogP contribution in [0.3, 0.4) is 0 Å². The molecule has 3 heterocycles. The highest BCUT2D eigenvalue weighted by Gasteiger charge is 2.14. The largest absolute Gasteiger partial charge is 0.478 e. The molecule has 2 aromatic heterocycles. The Morgan fingerprint density at radius 1 is 1.00 bits per heavy atom. The molecule has 1 aliphatic rings. The summed E-state index contributed by atoms with van der Waals surface area (Å²) in [4.78, 5) is 26.0. The lowest BCUT2D eigenvalue weighted by Gasteiger charge is -2.26. The first-order valence-electron chi connectivity index (χ1n) is 10.3. The fourth-order valence-corrected chi connectivity index (χ4v) is 3.86. The minimum Gasteiger partial charge on any atom is -0.478 e. The quantitative estimate of drug-likeness (QED) is 0.472. The highest BCUT2D eigenvalue weighted by Crippen LogP contribution is 2.29. The summed E-state index contributed by atoms with van der Waals surface area (Å²) in [5.74, 6) is -0.180. The molecule has 0 atom stereocenters. The molecule has 8 heteroatoms. The number of aromatic nitrogens is 3. The minimum absolute atomic E-state index is 0. The summed E-state index contributed by atoms with van der Waals surface area (Å²) in [5, 5.41) is 9.12. The van der Waals surface area contributed by atoms with E-state index in [1.165, 1.54) is 5.56 Å². The number of carboxylic acid groups (broad SMARTS) is 1. The number of imidazole rings is 1. The number of fused-ring (bicyclic) bond motifs is 1. The number of ether oxygens (including phenoxy) is 1. The van der Waals surface area contributed by atoms with Crippen LogP contribution in [-0.2, 0) is 11.3 Å². The average molecular weight is 451 g/mol. The van der Waals surface area contributed by atoms with Crippen LogP contribution in [0, 0.1) is 0 Å². The third-order valence-corrected chi connectivity index (χ3v) is 5.56. The Morgan fingerprint density at radius 2 is 1.69 bits per heavy atom. The zero-order chi connectivity index (χ0) is 21.2. The molecule has 0 bridgehead atoms. The van der Waals surface area contributed by atoms with Gasteiger partial charge in [-0.3, -0.25) is 4.90 Å². The molecule has 164 valence electrons. The van der Waals surface area contributed by atoms with Gasteiger partial charge in [-0.15, -0.1) is 12.4 Å².